The molecule has 0 aliphatic heterocycles. The summed E-state index contributed by atoms with van der Waals surface area (Å²) in [6.45, 7) is 3.55. The Kier molecular flexibility index (Phi) is 7.30. The molecule has 36 heavy (non-hydrogen) atoms. The van der Waals surface area contributed by atoms with Gasteiger partial charge in [-0.05, 0) is 51.0 Å². The van der Waals surface area contributed by atoms with Gasteiger partial charge in [-0.25, -0.2) is 0 Å². The van der Waals surface area contributed by atoms with E-state index in [2.05, 4.69) is 110 Å². The van der Waals surface area contributed by atoms with Crippen LogP contribution in [0.25, 0.3) is 0 Å². The third-order valence-corrected chi connectivity index (χ3v) is 11.2. The quantitative estimate of drug-likeness (QED) is 0.189. The van der Waals surface area contributed by atoms with Crippen LogP contribution < -0.4 is 25.0 Å². The van der Waals surface area contributed by atoms with Gasteiger partial charge in [0.2, 0.25) is 0 Å². The van der Waals surface area contributed by atoms with Gasteiger partial charge in [0, 0.05) is 0 Å². The fourth-order valence-electron chi connectivity index (χ4n) is 4.52. The molecule has 5 aromatic carbocycles. The van der Waals surface area contributed by atoms with Crippen molar-refractivity contribution in [3.63, 3.8) is 0 Å². The number of benzene rings is 5. The fraction of sp³-hybridized carbons (Fsp3) is 0.0909. The highest BCUT2D eigenvalue weighted by Crippen LogP contribution is 2.17. The lowest BCUT2D eigenvalue weighted by molar-refractivity contribution is 0.306. The van der Waals surface area contributed by atoms with Crippen molar-refractivity contribution in [2.75, 3.05) is 0 Å². The minimum absolute atomic E-state index is 0.567. The van der Waals surface area contributed by atoms with Gasteiger partial charge < -0.3 is 9.47 Å². The molecular weight excluding hydrogens is 456 g/mol. The molecule has 0 saturated heterocycles. The van der Waals surface area contributed by atoms with Crippen LogP contribution in [-0.4, -0.2) is 8.07 Å². The predicted octanol–water partition coefficient (Wildman–Crippen LogP) is 5.94. The normalized spacial score (nSPS) is 11.1. The minimum atomic E-state index is -2.21. The maximum Gasteiger partial charge on any atom is 0.145 e. The average molecular weight is 487 g/mol. The van der Waals surface area contributed by atoms with E-state index in [4.69, 9.17) is 9.47 Å². The molecule has 178 valence electrons. The van der Waals surface area contributed by atoms with Crippen LogP contribution >= 0.6 is 0 Å². The second-order valence-electron chi connectivity index (χ2n) is 9.09. The third-order valence-electron chi connectivity index (χ3n) is 6.71. The molecule has 5 rings (SSSR count). The molecule has 0 fully saturated rings. The van der Waals surface area contributed by atoms with Gasteiger partial charge >= 0.3 is 0 Å². The van der Waals surface area contributed by atoms with Crippen LogP contribution in [0.2, 0.25) is 6.55 Å². The lowest BCUT2D eigenvalue weighted by Crippen LogP contribution is -2.64. The predicted molar refractivity (Wildman–Crippen MR) is 151 cm³/mol. The summed E-state index contributed by atoms with van der Waals surface area (Å²) >= 11 is 0. The average Bonchev–Trinajstić information content (AvgIpc) is 2.97. The molecule has 3 heteroatoms. The van der Waals surface area contributed by atoms with Crippen molar-refractivity contribution in [1.29, 1.82) is 0 Å². The summed E-state index contributed by atoms with van der Waals surface area (Å²) in [4.78, 5) is 0. The number of ether oxygens (including phenoxy) is 2. The first kappa shape index (κ1) is 23.6. The van der Waals surface area contributed by atoms with Gasteiger partial charge in [0.05, 0.1) is 0 Å². The molecule has 0 aromatic heterocycles. The zero-order valence-electron chi connectivity index (χ0n) is 20.5. The molecule has 0 unspecified atom stereocenters. The zero-order chi connectivity index (χ0) is 24.6. The van der Waals surface area contributed by atoms with E-state index in [1.165, 1.54) is 26.7 Å². The standard InChI is InChI=1S/C33H30O2Si/c1-36(31-15-9-4-10-16-31,32-21-17-29(18-22-32)34-25-27-11-5-2-6-12-27)33-23-19-30(20-24-33)35-26-28-13-7-3-8-14-28/h2-24H,25-26H2,1H3. The molecule has 2 nitrogen and oxygen atoms in total. The fourth-order valence-corrected chi connectivity index (χ4v) is 8.05. The highest BCUT2D eigenvalue weighted by atomic mass is 28.3. The Hall–Kier alpha value is -4.08. The Balaban J connectivity index is 1.38. The van der Waals surface area contributed by atoms with E-state index < -0.39 is 8.07 Å². The Bertz CT molecular complexity index is 1260. The molecule has 0 heterocycles. The van der Waals surface area contributed by atoms with Crippen molar-refractivity contribution in [2.45, 2.75) is 19.8 Å². The Morgan fingerprint density at radius 2 is 0.750 bits per heavy atom. The molecule has 0 bridgehead atoms. The van der Waals surface area contributed by atoms with Crippen molar-refractivity contribution in [3.8, 4) is 11.5 Å². The Morgan fingerprint density at radius 3 is 1.14 bits per heavy atom. The van der Waals surface area contributed by atoms with Gasteiger partial charge in [0.25, 0.3) is 0 Å². The lowest BCUT2D eigenvalue weighted by Gasteiger charge is -2.30. The number of hydrogen-bond acceptors (Lipinski definition) is 2. The molecule has 0 aliphatic carbocycles. The van der Waals surface area contributed by atoms with Crippen LogP contribution in [0.15, 0.2) is 140 Å². The van der Waals surface area contributed by atoms with Crippen LogP contribution in [0.1, 0.15) is 11.1 Å². The van der Waals surface area contributed by atoms with Gasteiger partial charge in [-0.15, -0.1) is 0 Å². The van der Waals surface area contributed by atoms with Crippen molar-refractivity contribution >= 4 is 23.6 Å². The van der Waals surface area contributed by atoms with Gasteiger partial charge in [-0.1, -0.05) is 122 Å². The largest absolute Gasteiger partial charge is 0.489 e. The van der Waals surface area contributed by atoms with Crippen molar-refractivity contribution < 1.29 is 9.47 Å². The number of hydrogen-bond donors (Lipinski definition) is 0. The van der Waals surface area contributed by atoms with E-state index in [-0.39, 0.29) is 0 Å². The molecule has 5 aromatic rings. The van der Waals surface area contributed by atoms with Crippen LogP contribution in [0, 0.1) is 0 Å². The first-order valence-corrected chi connectivity index (χ1v) is 14.8. The molecule has 0 spiro atoms. The van der Waals surface area contributed by atoms with E-state index in [9.17, 15) is 0 Å². The Labute approximate surface area is 214 Å². The lowest BCUT2D eigenvalue weighted by atomic mass is 10.2. The first-order chi connectivity index (χ1) is 17.7. The Morgan fingerprint density at radius 1 is 0.417 bits per heavy atom. The number of rotatable bonds is 9. The molecule has 0 atom stereocenters. The smallest absolute Gasteiger partial charge is 0.145 e. The summed E-state index contributed by atoms with van der Waals surface area (Å²) in [5.74, 6) is 1.77. The summed E-state index contributed by atoms with van der Waals surface area (Å²) in [7, 11) is -2.21. The molecule has 0 aliphatic rings. The van der Waals surface area contributed by atoms with E-state index in [1.54, 1.807) is 0 Å². The molecular formula is C33H30O2Si. The van der Waals surface area contributed by atoms with Gasteiger partial charge in [-0.2, -0.15) is 0 Å². The monoisotopic (exact) mass is 486 g/mol. The first-order valence-electron chi connectivity index (χ1n) is 12.3. The van der Waals surface area contributed by atoms with Crippen LogP contribution in [-0.2, 0) is 13.2 Å². The maximum absolute atomic E-state index is 6.05. The zero-order valence-corrected chi connectivity index (χ0v) is 21.5. The van der Waals surface area contributed by atoms with E-state index in [0.29, 0.717) is 13.2 Å². The van der Waals surface area contributed by atoms with E-state index in [0.717, 1.165) is 11.5 Å². The van der Waals surface area contributed by atoms with Crippen molar-refractivity contribution in [1.82, 2.24) is 0 Å². The maximum atomic E-state index is 6.05. The van der Waals surface area contributed by atoms with E-state index >= 15 is 0 Å². The van der Waals surface area contributed by atoms with Gasteiger partial charge in [0.15, 0.2) is 0 Å². The summed E-state index contributed by atoms with van der Waals surface area (Å²) < 4.78 is 12.1. The highest BCUT2D eigenvalue weighted by molar-refractivity contribution is 7.10. The molecule has 0 N–H and O–H groups in total. The van der Waals surface area contributed by atoms with Crippen molar-refractivity contribution in [3.05, 3.63) is 151 Å². The molecule has 0 amide bonds. The van der Waals surface area contributed by atoms with Crippen LogP contribution in [0.3, 0.4) is 0 Å². The summed E-state index contributed by atoms with van der Waals surface area (Å²) in [6.07, 6.45) is 0. The molecule has 0 radical (unpaired) electrons. The minimum Gasteiger partial charge on any atom is -0.489 e. The topological polar surface area (TPSA) is 18.5 Å². The SMILES string of the molecule is C[Si](c1ccccc1)(c1ccc(OCc2ccccc2)cc1)c1ccc(OCc2ccccc2)cc1. The summed E-state index contributed by atoms with van der Waals surface area (Å²) in [5.41, 5.74) is 2.33. The highest BCUT2D eigenvalue weighted by Gasteiger charge is 2.34. The summed E-state index contributed by atoms with van der Waals surface area (Å²) in [5, 5.41) is 4.07. The van der Waals surface area contributed by atoms with Crippen LogP contribution in [0.5, 0.6) is 11.5 Å². The van der Waals surface area contributed by atoms with Gasteiger partial charge in [0.1, 0.15) is 32.8 Å². The second-order valence-corrected chi connectivity index (χ2v) is 13.1. The van der Waals surface area contributed by atoms with E-state index in [1.807, 2.05) is 36.4 Å². The molecule has 0 saturated carbocycles. The second kappa shape index (κ2) is 11.1. The van der Waals surface area contributed by atoms with Crippen molar-refractivity contribution in [2.24, 2.45) is 0 Å². The summed E-state index contributed by atoms with van der Waals surface area (Å²) in [6, 6.07) is 48.7. The third kappa shape index (κ3) is 5.42. The van der Waals surface area contributed by atoms with Gasteiger partial charge in [-0.3, -0.25) is 0 Å². The van der Waals surface area contributed by atoms with Crippen LogP contribution in [0.4, 0.5) is 0 Å².